The van der Waals surface area contributed by atoms with E-state index in [4.69, 9.17) is 23.2 Å². The van der Waals surface area contributed by atoms with Gasteiger partial charge < -0.3 is 0 Å². The first-order chi connectivity index (χ1) is 9.28. The molecule has 0 unspecified atom stereocenters. The first-order valence-corrected chi connectivity index (χ1v) is 8.08. The Bertz CT molecular complexity index is 738. The summed E-state index contributed by atoms with van der Waals surface area (Å²) < 4.78 is 27.2. The topological polar surface area (TPSA) is 46.2 Å². The molecule has 0 aliphatic heterocycles. The zero-order valence-electron chi connectivity index (χ0n) is 10.9. The van der Waals surface area contributed by atoms with Crippen molar-refractivity contribution in [1.82, 2.24) is 0 Å². The van der Waals surface area contributed by atoms with E-state index in [2.05, 4.69) is 4.72 Å². The van der Waals surface area contributed by atoms with Gasteiger partial charge >= 0.3 is 0 Å². The highest BCUT2D eigenvalue weighted by Gasteiger charge is 2.18. The van der Waals surface area contributed by atoms with E-state index in [1.807, 2.05) is 19.9 Å². The smallest absolute Gasteiger partial charge is 0.263 e. The summed E-state index contributed by atoms with van der Waals surface area (Å²) in [6.45, 7) is 3.81. The minimum Gasteiger partial charge on any atom is -0.280 e. The molecule has 1 N–H and O–H groups in total. The largest absolute Gasteiger partial charge is 0.280 e. The van der Waals surface area contributed by atoms with Gasteiger partial charge in [-0.2, -0.15) is 0 Å². The summed E-state index contributed by atoms with van der Waals surface area (Å²) in [5.74, 6) is 0. The van der Waals surface area contributed by atoms with Gasteiger partial charge in [-0.25, -0.2) is 8.42 Å². The summed E-state index contributed by atoms with van der Waals surface area (Å²) in [5.41, 5.74) is 2.46. The zero-order valence-corrected chi connectivity index (χ0v) is 13.3. The second-order valence-electron chi connectivity index (χ2n) is 4.56. The number of halogens is 2. The van der Waals surface area contributed by atoms with Gasteiger partial charge in [0, 0.05) is 10.7 Å². The fourth-order valence-corrected chi connectivity index (χ4v) is 3.75. The fraction of sp³-hybridized carbons (Fsp3) is 0.143. The molecule has 0 fully saturated rings. The lowest BCUT2D eigenvalue weighted by molar-refractivity contribution is 0.601. The molecular formula is C14H13Cl2NO2S. The number of hydrogen-bond acceptors (Lipinski definition) is 2. The highest BCUT2D eigenvalue weighted by molar-refractivity contribution is 7.92. The standard InChI is InChI=1S/C14H13Cl2NO2S/c1-9-5-10(2)7-12(6-9)17-20(18,19)14-4-3-11(15)8-13(14)16/h3-8,17H,1-2H3. The molecule has 20 heavy (non-hydrogen) atoms. The van der Waals surface area contributed by atoms with Crippen molar-refractivity contribution in [3.63, 3.8) is 0 Å². The van der Waals surface area contributed by atoms with Gasteiger partial charge in [0.25, 0.3) is 10.0 Å². The van der Waals surface area contributed by atoms with Crippen LogP contribution >= 0.6 is 23.2 Å². The number of aryl methyl sites for hydroxylation is 2. The molecule has 3 nitrogen and oxygen atoms in total. The number of sulfonamides is 1. The predicted octanol–water partition coefficient (Wildman–Crippen LogP) is 4.41. The Kier molecular flexibility index (Phi) is 4.28. The Balaban J connectivity index is 2.40. The minimum atomic E-state index is -3.73. The van der Waals surface area contributed by atoms with Crippen LogP contribution in [0.2, 0.25) is 10.0 Å². The van der Waals surface area contributed by atoms with E-state index in [9.17, 15) is 8.42 Å². The molecule has 0 heterocycles. The van der Waals surface area contributed by atoms with E-state index < -0.39 is 10.0 Å². The molecule has 2 aromatic carbocycles. The maximum absolute atomic E-state index is 12.3. The Hall–Kier alpha value is -1.23. The summed E-state index contributed by atoms with van der Waals surface area (Å²) in [6, 6.07) is 9.76. The number of nitrogens with one attached hydrogen (secondary N) is 1. The van der Waals surface area contributed by atoms with E-state index in [0.29, 0.717) is 10.7 Å². The van der Waals surface area contributed by atoms with Crippen LogP contribution < -0.4 is 4.72 Å². The van der Waals surface area contributed by atoms with Gasteiger partial charge in [-0.1, -0.05) is 29.3 Å². The number of hydrogen-bond donors (Lipinski definition) is 1. The van der Waals surface area contributed by atoms with Gasteiger partial charge in [-0.3, -0.25) is 4.72 Å². The van der Waals surface area contributed by atoms with Crippen LogP contribution in [0.1, 0.15) is 11.1 Å². The summed E-state index contributed by atoms with van der Waals surface area (Å²) in [7, 11) is -3.73. The maximum atomic E-state index is 12.3. The second kappa shape index (κ2) is 5.64. The Morgan fingerprint density at radius 3 is 2.10 bits per heavy atom. The monoisotopic (exact) mass is 329 g/mol. The molecule has 0 spiro atoms. The summed E-state index contributed by atoms with van der Waals surface area (Å²) >= 11 is 11.7. The first kappa shape index (κ1) is 15.2. The van der Waals surface area contributed by atoms with Crippen LogP contribution in [0.15, 0.2) is 41.3 Å². The van der Waals surface area contributed by atoms with Gasteiger partial charge in [-0.05, 0) is 55.3 Å². The number of benzene rings is 2. The van der Waals surface area contributed by atoms with Crippen molar-refractivity contribution in [2.24, 2.45) is 0 Å². The molecular weight excluding hydrogens is 317 g/mol. The van der Waals surface area contributed by atoms with Crippen LogP contribution in [0, 0.1) is 13.8 Å². The van der Waals surface area contributed by atoms with Crippen LogP contribution in [0.4, 0.5) is 5.69 Å². The quantitative estimate of drug-likeness (QED) is 0.906. The normalized spacial score (nSPS) is 11.4. The van der Waals surface area contributed by atoms with Gasteiger partial charge in [0.2, 0.25) is 0 Å². The summed E-state index contributed by atoms with van der Waals surface area (Å²) in [5, 5.41) is 0.481. The molecule has 6 heteroatoms. The van der Waals surface area contributed by atoms with Crippen LogP contribution in [0.5, 0.6) is 0 Å². The van der Waals surface area contributed by atoms with Crippen molar-refractivity contribution in [3.05, 3.63) is 57.6 Å². The van der Waals surface area contributed by atoms with Crippen LogP contribution in [0.3, 0.4) is 0 Å². The molecule has 0 aliphatic carbocycles. The van der Waals surface area contributed by atoms with Gasteiger partial charge in [0.15, 0.2) is 0 Å². The molecule has 0 amide bonds. The molecule has 2 rings (SSSR count). The molecule has 0 aromatic heterocycles. The van der Waals surface area contributed by atoms with Gasteiger partial charge in [0.05, 0.1) is 5.02 Å². The van der Waals surface area contributed by atoms with E-state index in [0.717, 1.165) is 11.1 Å². The highest BCUT2D eigenvalue weighted by atomic mass is 35.5. The van der Waals surface area contributed by atoms with Crippen molar-refractivity contribution in [3.8, 4) is 0 Å². The lowest BCUT2D eigenvalue weighted by Crippen LogP contribution is -2.13. The zero-order chi connectivity index (χ0) is 14.9. The lowest BCUT2D eigenvalue weighted by atomic mass is 10.1. The minimum absolute atomic E-state index is 0.00252. The van der Waals surface area contributed by atoms with E-state index in [1.165, 1.54) is 18.2 Å². The van der Waals surface area contributed by atoms with E-state index >= 15 is 0 Å². The average molecular weight is 330 g/mol. The Morgan fingerprint density at radius 2 is 1.55 bits per heavy atom. The average Bonchev–Trinajstić information content (AvgIpc) is 2.25. The van der Waals surface area contributed by atoms with Crippen LogP contribution in [0.25, 0.3) is 0 Å². The molecule has 0 bridgehead atoms. The Morgan fingerprint density at radius 1 is 0.950 bits per heavy atom. The molecule has 2 aromatic rings. The van der Waals surface area contributed by atoms with Crippen molar-refractivity contribution >= 4 is 38.9 Å². The molecule has 106 valence electrons. The van der Waals surface area contributed by atoms with E-state index in [1.54, 1.807) is 12.1 Å². The van der Waals surface area contributed by atoms with Crippen LogP contribution in [-0.4, -0.2) is 8.42 Å². The van der Waals surface area contributed by atoms with Gasteiger partial charge in [-0.15, -0.1) is 0 Å². The maximum Gasteiger partial charge on any atom is 0.263 e. The predicted molar refractivity (Wildman–Crippen MR) is 83.2 cm³/mol. The summed E-state index contributed by atoms with van der Waals surface area (Å²) in [4.78, 5) is 0.00252. The second-order valence-corrected chi connectivity index (χ2v) is 7.05. The Labute approximate surface area is 128 Å². The van der Waals surface area contributed by atoms with Crippen LogP contribution in [-0.2, 0) is 10.0 Å². The van der Waals surface area contributed by atoms with Gasteiger partial charge in [0.1, 0.15) is 4.90 Å². The molecule has 0 saturated heterocycles. The first-order valence-electron chi connectivity index (χ1n) is 5.84. The molecule has 0 radical (unpaired) electrons. The lowest BCUT2D eigenvalue weighted by Gasteiger charge is -2.11. The summed E-state index contributed by atoms with van der Waals surface area (Å²) in [6.07, 6.45) is 0. The van der Waals surface area contributed by atoms with Crippen molar-refractivity contribution in [1.29, 1.82) is 0 Å². The third-order valence-corrected chi connectivity index (χ3v) is 4.76. The van der Waals surface area contributed by atoms with Crippen molar-refractivity contribution < 1.29 is 8.42 Å². The number of rotatable bonds is 3. The third-order valence-electron chi connectivity index (χ3n) is 2.66. The SMILES string of the molecule is Cc1cc(C)cc(NS(=O)(=O)c2ccc(Cl)cc2Cl)c1. The molecule has 0 aliphatic rings. The third kappa shape index (κ3) is 3.45. The van der Waals surface area contributed by atoms with Crippen molar-refractivity contribution in [2.45, 2.75) is 18.7 Å². The van der Waals surface area contributed by atoms with E-state index in [-0.39, 0.29) is 9.92 Å². The number of anilines is 1. The fourth-order valence-electron chi connectivity index (χ4n) is 1.94. The van der Waals surface area contributed by atoms with Crippen molar-refractivity contribution in [2.75, 3.05) is 4.72 Å². The molecule has 0 atom stereocenters. The molecule has 0 saturated carbocycles. The highest BCUT2D eigenvalue weighted by Crippen LogP contribution is 2.27.